The van der Waals surface area contributed by atoms with Crippen LogP contribution in [0.5, 0.6) is 0 Å². The molecule has 228 valence electrons. The van der Waals surface area contributed by atoms with Gasteiger partial charge in [-0.25, -0.2) is 9.36 Å². The van der Waals surface area contributed by atoms with E-state index < -0.39 is 16.1 Å². The van der Waals surface area contributed by atoms with E-state index in [-0.39, 0.29) is 17.7 Å². The zero-order valence-electron chi connectivity index (χ0n) is 24.5. The van der Waals surface area contributed by atoms with Gasteiger partial charge < -0.3 is 10.2 Å². The average Bonchev–Trinajstić information content (AvgIpc) is 3.41. The molecule has 3 heterocycles. The highest BCUT2D eigenvalue weighted by Gasteiger charge is 2.47. The molecule has 7 rings (SSSR count). The minimum absolute atomic E-state index is 0.0377. The molecule has 10 nitrogen and oxygen atoms in total. The van der Waals surface area contributed by atoms with Crippen LogP contribution in [0.25, 0.3) is 22.5 Å². The van der Waals surface area contributed by atoms with Crippen molar-refractivity contribution in [3.05, 3.63) is 78.9 Å². The normalized spacial score (nSPS) is 23.0. The van der Waals surface area contributed by atoms with E-state index in [1.54, 1.807) is 6.20 Å². The molecule has 1 saturated heterocycles. The first kappa shape index (κ1) is 28.6. The van der Waals surface area contributed by atoms with Crippen molar-refractivity contribution in [2.24, 2.45) is 5.92 Å². The van der Waals surface area contributed by atoms with Gasteiger partial charge in [-0.3, -0.25) is 13.9 Å². The molecule has 2 aliphatic carbocycles. The second-order valence-electron chi connectivity index (χ2n) is 12.3. The van der Waals surface area contributed by atoms with E-state index in [4.69, 9.17) is 5.10 Å². The Bertz CT molecular complexity index is 1660. The number of hydrogen-bond acceptors (Lipinski definition) is 7. The van der Waals surface area contributed by atoms with Gasteiger partial charge in [0.15, 0.2) is 0 Å². The summed E-state index contributed by atoms with van der Waals surface area (Å²) in [5.41, 5.74) is 5.13. The van der Waals surface area contributed by atoms with Gasteiger partial charge in [-0.15, -0.1) is 0 Å². The zero-order valence-corrected chi connectivity index (χ0v) is 25.4. The molecule has 0 unspecified atom stereocenters. The Morgan fingerprint density at radius 3 is 2.25 bits per heavy atom. The largest absolute Gasteiger partial charge is 0.368 e. The fourth-order valence-corrected chi connectivity index (χ4v) is 7.75. The highest BCUT2D eigenvalue weighted by molar-refractivity contribution is 8.24. The maximum Gasteiger partial charge on any atom is 0.225 e. The van der Waals surface area contributed by atoms with Crippen molar-refractivity contribution in [3.8, 4) is 28.6 Å². The van der Waals surface area contributed by atoms with E-state index in [9.17, 15) is 19.2 Å². The number of aromatic nitrogens is 4. The molecule has 0 bridgehead atoms. The number of carbonyl (C=O) groups excluding carboxylic acids is 1. The Balaban J connectivity index is 1.23. The van der Waals surface area contributed by atoms with Crippen LogP contribution in [0.1, 0.15) is 50.1 Å². The third kappa shape index (κ3) is 5.73. The lowest BCUT2D eigenvalue weighted by molar-refractivity contribution is -0.127. The number of nitrogens with zero attached hydrogens (tertiary/aromatic N) is 6. The second-order valence-corrected chi connectivity index (χ2v) is 14.7. The number of hydrogen-bond donors (Lipinski definition) is 3. The van der Waals surface area contributed by atoms with Crippen molar-refractivity contribution >= 4 is 22.2 Å². The molecular weight excluding hydrogens is 574 g/mol. The van der Waals surface area contributed by atoms with Crippen molar-refractivity contribution < 1.29 is 13.9 Å². The minimum atomic E-state index is -2.46. The first-order valence-corrected chi connectivity index (χ1v) is 17.2. The predicted octanol–water partition coefficient (Wildman–Crippen LogP) is 5.74. The first-order chi connectivity index (χ1) is 21.3. The van der Waals surface area contributed by atoms with Gasteiger partial charge in [-0.05, 0) is 73.7 Å². The van der Waals surface area contributed by atoms with Gasteiger partial charge in [0.25, 0.3) is 0 Å². The molecule has 11 heteroatoms. The maximum absolute atomic E-state index is 13.6. The second kappa shape index (κ2) is 11.4. The molecule has 1 aliphatic heterocycles. The van der Waals surface area contributed by atoms with E-state index in [1.165, 1.54) is 0 Å². The highest BCUT2D eigenvalue weighted by atomic mass is 32.3. The number of anilines is 1. The third-order valence-electron chi connectivity index (χ3n) is 9.33. The minimum Gasteiger partial charge on any atom is -0.368 e. The lowest BCUT2D eigenvalue weighted by Crippen LogP contribution is -2.42. The van der Waals surface area contributed by atoms with Crippen LogP contribution < -0.4 is 10.2 Å². The SMILES string of the molecule is N#CC1(NC(=O)[C@@H]2CCCC[C@H]2c2nn(-c3ccc(-n4cccn4)cc3)cc2-c2ccc(N3CCS(O)(O)CC3)cc2)CC1. The predicted molar refractivity (Wildman–Crippen MR) is 171 cm³/mol. The van der Waals surface area contributed by atoms with Crippen molar-refractivity contribution in [1.82, 2.24) is 24.9 Å². The number of nitrogens with one attached hydrogen (secondary N) is 1. The smallest absolute Gasteiger partial charge is 0.225 e. The monoisotopic (exact) mass is 611 g/mol. The summed E-state index contributed by atoms with van der Waals surface area (Å²) in [5.74, 6) is 0.437. The van der Waals surface area contributed by atoms with Crippen molar-refractivity contribution in [3.63, 3.8) is 0 Å². The van der Waals surface area contributed by atoms with Gasteiger partial charge in [0.2, 0.25) is 5.91 Å². The van der Waals surface area contributed by atoms with Crippen LogP contribution in [0.4, 0.5) is 5.69 Å². The molecular formula is C33H37N7O3S. The summed E-state index contributed by atoms with van der Waals surface area (Å²) in [6.07, 6.45) is 10.8. The van der Waals surface area contributed by atoms with Gasteiger partial charge in [-0.1, -0.05) is 25.0 Å². The fraction of sp³-hybridized carbons (Fsp3) is 0.394. The summed E-state index contributed by atoms with van der Waals surface area (Å²) in [6, 6.07) is 20.6. The molecule has 3 N–H and O–H groups in total. The maximum atomic E-state index is 13.6. The summed E-state index contributed by atoms with van der Waals surface area (Å²) in [6.45, 7) is 1.23. The summed E-state index contributed by atoms with van der Waals surface area (Å²) in [5, 5.41) is 22.2. The molecule has 2 aromatic heterocycles. The molecule has 1 amide bonds. The summed E-state index contributed by atoms with van der Waals surface area (Å²) < 4.78 is 23.8. The molecule has 44 heavy (non-hydrogen) atoms. The average molecular weight is 612 g/mol. The van der Waals surface area contributed by atoms with Crippen LogP contribution in [-0.4, -0.2) is 64.7 Å². The summed E-state index contributed by atoms with van der Waals surface area (Å²) >= 11 is 0. The fourth-order valence-electron chi connectivity index (χ4n) is 6.52. The van der Waals surface area contributed by atoms with Gasteiger partial charge in [-0.2, -0.15) is 26.0 Å². The number of rotatable bonds is 7. The number of nitriles is 1. The van der Waals surface area contributed by atoms with Crippen molar-refractivity contribution in [1.29, 1.82) is 5.26 Å². The summed E-state index contributed by atoms with van der Waals surface area (Å²) in [4.78, 5) is 15.8. The molecule has 4 aromatic rings. The number of amides is 1. The summed E-state index contributed by atoms with van der Waals surface area (Å²) in [7, 11) is -2.46. The first-order valence-electron chi connectivity index (χ1n) is 15.4. The highest BCUT2D eigenvalue weighted by Crippen LogP contribution is 2.44. The molecule has 2 aromatic carbocycles. The lowest BCUT2D eigenvalue weighted by Gasteiger charge is -2.41. The van der Waals surface area contributed by atoms with Gasteiger partial charge in [0, 0.05) is 54.8 Å². The number of benzene rings is 2. The van der Waals surface area contributed by atoms with Crippen LogP contribution in [-0.2, 0) is 4.79 Å². The zero-order chi connectivity index (χ0) is 30.3. The van der Waals surface area contributed by atoms with E-state index in [0.717, 1.165) is 59.6 Å². The quantitative estimate of drug-likeness (QED) is 0.243. The Hall–Kier alpha value is -4.11. The Morgan fingerprint density at radius 2 is 1.61 bits per heavy atom. The van der Waals surface area contributed by atoms with E-state index >= 15 is 0 Å². The van der Waals surface area contributed by atoms with Gasteiger partial charge in [0.05, 0.1) is 34.6 Å². The standard InChI is InChI=1S/C33H37N7O3S/c34-23-33(14-15-33)36-32(41)29-5-2-1-4-28(29)31-30(24-6-8-25(9-7-24)38-18-20-44(42,43)21-19-38)22-40(37-31)27-12-10-26(11-13-27)39-17-3-16-35-39/h3,6-13,16-17,22,28-29,42-43H,1-2,4-5,14-15,18-21H2,(H,36,41)/t28-,29-/m1/s1. The van der Waals surface area contributed by atoms with E-state index in [1.807, 2.05) is 45.9 Å². The molecule has 0 radical (unpaired) electrons. The van der Waals surface area contributed by atoms with Crippen LogP contribution >= 0.6 is 10.6 Å². The van der Waals surface area contributed by atoms with E-state index in [2.05, 4.69) is 51.8 Å². The van der Waals surface area contributed by atoms with Gasteiger partial charge >= 0.3 is 0 Å². The number of carbonyl (C=O) groups is 1. The Kier molecular flexibility index (Phi) is 7.44. The van der Waals surface area contributed by atoms with Crippen LogP contribution in [0.2, 0.25) is 0 Å². The van der Waals surface area contributed by atoms with Crippen molar-refractivity contribution in [2.45, 2.75) is 50.0 Å². The molecule has 0 spiro atoms. The van der Waals surface area contributed by atoms with Crippen LogP contribution in [0.3, 0.4) is 0 Å². The van der Waals surface area contributed by atoms with Gasteiger partial charge in [0.1, 0.15) is 5.54 Å². The molecule has 3 fully saturated rings. The van der Waals surface area contributed by atoms with Crippen LogP contribution in [0, 0.1) is 17.2 Å². The third-order valence-corrected chi connectivity index (χ3v) is 11.0. The van der Waals surface area contributed by atoms with Crippen LogP contribution in [0.15, 0.2) is 73.2 Å². The molecule has 2 atom stereocenters. The lowest BCUT2D eigenvalue weighted by atomic mass is 9.75. The molecule has 2 saturated carbocycles. The topological polar surface area (TPSA) is 132 Å². The molecule has 3 aliphatic rings. The Labute approximate surface area is 258 Å². The van der Waals surface area contributed by atoms with E-state index in [0.29, 0.717) is 37.4 Å². The Morgan fingerprint density at radius 1 is 0.955 bits per heavy atom. The van der Waals surface area contributed by atoms with Crippen molar-refractivity contribution in [2.75, 3.05) is 29.5 Å².